The molecular formula is C13H22N4O3. The smallest absolute Gasteiger partial charge is 0.324 e. The summed E-state index contributed by atoms with van der Waals surface area (Å²) in [5.74, 6) is 0.967. The molecule has 1 aromatic heterocycles. The van der Waals surface area contributed by atoms with Gasteiger partial charge in [0.2, 0.25) is 5.95 Å². The Labute approximate surface area is 119 Å². The second-order valence-electron chi connectivity index (χ2n) is 4.68. The van der Waals surface area contributed by atoms with Gasteiger partial charge in [-0.05, 0) is 32.6 Å². The molecule has 0 radical (unpaired) electrons. The van der Waals surface area contributed by atoms with Crippen molar-refractivity contribution in [2.75, 3.05) is 37.8 Å². The molecule has 0 spiro atoms. The fourth-order valence-electron chi connectivity index (χ4n) is 2.17. The first-order valence-electron chi connectivity index (χ1n) is 7.14. The molecule has 0 aromatic carbocycles. The van der Waals surface area contributed by atoms with Crippen LogP contribution in [0.1, 0.15) is 26.7 Å². The minimum atomic E-state index is 0.249. The van der Waals surface area contributed by atoms with Crippen LogP contribution in [-0.4, -0.2) is 53.0 Å². The SMILES string of the molecule is CCOc1nc(OCC)nc(N2CCC(CO)CC2)n1. The number of aliphatic hydroxyl groups is 1. The van der Waals surface area contributed by atoms with Crippen LogP contribution >= 0.6 is 0 Å². The van der Waals surface area contributed by atoms with E-state index in [2.05, 4.69) is 19.9 Å². The van der Waals surface area contributed by atoms with E-state index < -0.39 is 0 Å². The third-order valence-electron chi connectivity index (χ3n) is 3.29. The highest BCUT2D eigenvalue weighted by molar-refractivity contribution is 5.32. The van der Waals surface area contributed by atoms with E-state index in [-0.39, 0.29) is 6.61 Å². The van der Waals surface area contributed by atoms with Crippen LogP contribution in [0.4, 0.5) is 5.95 Å². The highest BCUT2D eigenvalue weighted by atomic mass is 16.5. The van der Waals surface area contributed by atoms with Crippen molar-refractivity contribution in [3.8, 4) is 12.0 Å². The van der Waals surface area contributed by atoms with Crippen LogP contribution in [0, 0.1) is 5.92 Å². The Balaban J connectivity index is 2.13. The van der Waals surface area contributed by atoms with E-state index in [4.69, 9.17) is 9.47 Å². The van der Waals surface area contributed by atoms with Gasteiger partial charge in [-0.3, -0.25) is 0 Å². The molecule has 112 valence electrons. The summed E-state index contributed by atoms with van der Waals surface area (Å²) in [4.78, 5) is 14.8. The molecule has 1 aromatic rings. The first-order chi connectivity index (χ1) is 9.76. The number of piperidine rings is 1. The summed E-state index contributed by atoms with van der Waals surface area (Å²) < 4.78 is 10.7. The Bertz CT molecular complexity index is 398. The topological polar surface area (TPSA) is 80.6 Å². The summed E-state index contributed by atoms with van der Waals surface area (Å²) in [5.41, 5.74) is 0. The van der Waals surface area contributed by atoms with E-state index in [0.29, 0.717) is 37.1 Å². The molecule has 0 aliphatic carbocycles. The van der Waals surface area contributed by atoms with Crippen molar-refractivity contribution >= 4 is 5.95 Å². The van der Waals surface area contributed by atoms with E-state index in [9.17, 15) is 5.11 Å². The van der Waals surface area contributed by atoms with Crippen molar-refractivity contribution in [1.82, 2.24) is 15.0 Å². The molecule has 0 amide bonds. The lowest BCUT2D eigenvalue weighted by Crippen LogP contribution is -2.36. The van der Waals surface area contributed by atoms with Gasteiger partial charge in [-0.25, -0.2) is 0 Å². The molecule has 0 atom stereocenters. The van der Waals surface area contributed by atoms with Crippen molar-refractivity contribution in [2.45, 2.75) is 26.7 Å². The number of hydrogen-bond donors (Lipinski definition) is 1. The maximum atomic E-state index is 9.18. The Morgan fingerprint density at radius 3 is 2.05 bits per heavy atom. The van der Waals surface area contributed by atoms with Gasteiger partial charge in [-0.2, -0.15) is 9.97 Å². The molecule has 1 N–H and O–H groups in total. The van der Waals surface area contributed by atoms with E-state index >= 15 is 0 Å². The summed E-state index contributed by atoms with van der Waals surface area (Å²) in [5, 5.41) is 9.18. The van der Waals surface area contributed by atoms with E-state index in [1.54, 1.807) is 0 Å². The number of aromatic nitrogens is 3. The third kappa shape index (κ3) is 3.69. The Morgan fingerprint density at radius 1 is 1.05 bits per heavy atom. The molecule has 7 heteroatoms. The lowest BCUT2D eigenvalue weighted by molar-refractivity contribution is 0.202. The Hall–Kier alpha value is -1.63. The van der Waals surface area contributed by atoms with Crippen LogP contribution in [0.2, 0.25) is 0 Å². The van der Waals surface area contributed by atoms with Gasteiger partial charge in [0.15, 0.2) is 0 Å². The highest BCUT2D eigenvalue weighted by Gasteiger charge is 2.22. The summed E-state index contributed by atoms with van der Waals surface area (Å²) in [6.45, 7) is 6.68. The molecule has 1 fully saturated rings. The minimum absolute atomic E-state index is 0.249. The van der Waals surface area contributed by atoms with Crippen molar-refractivity contribution in [1.29, 1.82) is 0 Å². The first kappa shape index (κ1) is 14.8. The molecule has 7 nitrogen and oxygen atoms in total. The third-order valence-corrected chi connectivity index (χ3v) is 3.29. The zero-order valence-electron chi connectivity index (χ0n) is 12.1. The molecule has 1 aliphatic rings. The highest BCUT2D eigenvalue weighted by Crippen LogP contribution is 2.22. The fourth-order valence-corrected chi connectivity index (χ4v) is 2.17. The van der Waals surface area contributed by atoms with Crippen LogP contribution in [0.25, 0.3) is 0 Å². The molecule has 1 aliphatic heterocycles. The average Bonchev–Trinajstić information content (AvgIpc) is 2.48. The van der Waals surface area contributed by atoms with Gasteiger partial charge in [0.05, 0.1) is 13.2 Å². The number of hydrogen-bond acceptors (Lipinski definition) is 7. The lowest BCUT2D eigenvalue weighted by Gasteiger charge is -2.31. The zero-order chi connectivity index (χ0) is 14.4. The number of nitrogens with zero attached hydrogens (tertiary/aromatic N) is 4. The van der Waals surface area contributed by atoms with Crippen LogP contribution in [0.5, 0.6) is 12.0 Å². The van der Waals surface area contributed by atoms with Gasteiger partial charge in [0.25, 0.3) is 0 Å². The average molecular weight is 282 g/mol. The first-order valence-corrected chi connectivity index (χ1v) is 7.14. The van der Waals surface area contributed by atoms with Gasteiger partial charge in [-0.15, -0.1) is 4.98 Å². The van der Waals surface area contributed by atoms with Crippen molar-refractivity contribution in [2.24, 2.45) is 5.92 Å². The number of aliphatic hydroxyl groups excluding tert-OH is 1. The van der Waals surface area contributed by atoms with Crippen LogP contribution in [-0.2, 0) is 0 Å². The van der Waals surface area contributed by atoms with Gasteiger partial charge >= 0.3 is 12.0 Å². The normalized spacial score (nSPS) is 16.2. The quantitative estimate of drug-likeness (QED) is 0.829. The van der Waals surface area contributed by atoms with Crippen LogP contribution < -0.4 is 14.4 Å². The lowest BCUT2D eigenvalue weighted by atomic mass is 9.98. The van der Waals surface area contributed by atoms with E-state index in [0.717, 1.165) is 25.9 Å². The standard InChI is InChI=1S/C13H22N4O3/c1-3-19-12-14-11(15-13(16-12)20-4-2)17-7-5-10(9-18)6-8-17/h10,18H,3-9H2,1-2H3. The molecule has 2 heterocycles. The molecular weight excluding hydrogens is 260 g/mol. The number of rotatable bonds is 6. The Kier molecular flexibility index (Phi) is 5.34. The molecule has 2 rings (SSSR count). The van der Waals surface area contributed by atoms with Gasteiger partial charge in [0.1, 0.15) is 0 Å². The monoisotopic (exact) mass is 282 g/mol. The second-order valence-corrected chi connectivity index (χ2v) is 4.68. The molecule has 0 saturated carbocycles. The van der Waals surface area contributed by atoms with Crippen LogP contribution in [0.15, 0.2) is 0 Å². The second kappa shape index (κ2) is 7.23. The zero-order valence-corrected chi connectivity index (χ0v) is 12.1. The Morgan fingerprint density at radius 2 is 1.60 bits per heavy atom. The number of anilines is 1. The number of ether oxygens (including phenoxy) is 2. The molecule has 1 saturated heterocycles. The van der Waals surface area contributed by atoms with Crippen molar-refractivity contribution in [3.63, 3.8) is 0 Å². The molecule has 20 heavy (non-hydrogen) atoms. The minimum Gasteiger partial charge on any atom is -0.464 e. The summed E-state index contributed by atoms with van der Waals surface area (Å²) in [6.07, 6.45) is 1.88. The summed E-state index contributed by atoms with van der Waals surface area (Å²) in [7, 11) is 0. The van der Waals surface area contributed by atoms with Gasteiger partial charge in [-0.1, -0.05) is 0 Å². The largest absolute Gasteiger partial charge is 0.464 e. The predicted octanol–water partition coefficient (Wildman–Crippen LogP) is 0.878. The van der Waals surface area contributed by atoms with Crippen molar-refractivity contribution < 1.29 is 14.6 Å². The summed E-state index contributed by atoms with van der Waals surface area (Å²) >= 11 is 0. The van der Waals surface area contributed by atoms with E-state index in [1.165, 1.54) is 0 Å². The van der Waals surface area contributed by atoms with Gasteiger partial charge in [0, 0.05) is 19.7 Å². The van der Waals surface area contributed by atoms with E-state index in [1.807, 2.05) is 13.8 Å². The fraction of sp³-hybridized carbons (Fsp3) is 0.769. The molecule has 0 unspecified atom stereocenters. The predicted molar refractivity (Wildman–Crippen MR) is 74.2 cm³/mol. The van der Waals surface area contributed by atoms with Gasteiger partial charge < -0.3 is 19.5 Å². The van der Waals surface area contributed by atoms with Crippen LogP contribution in [0.3, 0.4) is 0 Å². The van der Waals surface area contributed by atoms with Crippen molar-refractivity contribution in [3.05, 3.63) is 0 Å². The molecule has 0 bridgehead atoms. The maximum absolute atomic E-state index is 9.18. The summed E-state index contributed by atoms with van der Waals surface area (Å²) in [6, 6.07) is 0.593. The maximum Gasteiger partial charge on any atom is 0.324 e.